The first kappa shape index (κ1) is 10.7. The van der Waals surface area contributed by atoms with Crippen molar-refractivity contribution in [2.45, 2.75) is 19.8 Å². The molecule has 2 rings (SSSR count). The highest BCUT2D eigenvalue weighted by Crippen LogP contribution is 2.29. The smallest absolute Gasteiger partial charge is 0.336 e. The highest BCUT2D eigenvalue weighted by atomic mass is 16.4. The third-order valence-corrected chi connectivity index (χ3v) is 2.90. The number of nitrogens with zero attached hydrogens (tertiary/aromatic N) is 1. The van der Waals surface area contributed by atoms with Crippen LogP contribution < -0.4 is 0 Å². The van der Waals surface area contributed by atoms with Crippen LogP contribution in [0.25, 0.3) is 10.9 Å². The van der Waals surface area contributed by atoms with Gasteiger partial charge in [0.05, 0.1) is 5.56 Å². The zero-order valence-corrected chi connectivity index (χ0v) is 9.69. The van der Waals surface area contributed by atoms with E-state index in [0.29, 0.717) is 11.5 Å². The lowest BCUT2D eigenvalue weighted by atomic mass is 9.99. The second-order valence-corrected chi connectivity index (χ2v) is 4.35. The lowest BCUT2D eigenvalue weighted by Gasteiger charge is -2.04. The van der Waals surface area contributed by atoms with E-state index in [1.165, 1.54) is 0 Å². The van der Waals surface area contributed by atoms with E-state index in [-0.39, 0.29) is 0 Å². The average Bonchev–Trinajstić information content (AvgIpc) is 2.56. The minimum Gasteiger partial charge on any atom is -0.478 e. The van der Waals surface area contributed by atoms with Crippen LogP contribution in [0.3, 0.4) is 0 Å². The molecule has 3 nitrogen and oxygen atoms in total. The van der Waals surface area contributed by atoms with Crippen molar-refractivity contribution in [2.75, 3.05) is 0 Å². The minimum absolute atomic E-state index is 0.323. The van der Waals surface area contributed by atoms with Gasteiger partial charge >= 0.3 is 5.97 Å². The number of carboxylic acids is 1. The molecule has 0 amide bonds. The Morgan fingerprint density at radius 1 is 1.38 bits per heavy atom. The molecule has 0 bridgehead atoms. The molecule has 1 aromatic carbocycles. The highest BCUT2D eigenvalue weighted by Gasteiger charge is 2.16. The first-order valence-corrected chi connectivity index (χ1v) is 5.33. The quantitative estimate of drug-likeness (QED) is 0.840. The van der Waals surface area contributed by atoms with Crippen LogP contribution in [0.15, 0.2) is 24.4 Å². The number of hydrogen-bond acceptors (Lipinski definition) is 1. The number of aromatic carboxylic acids is 1. The van der Waals surface area contributed by atoms with Crippen LogP contribution >= 0.6 is 0 Å². The van der Waals surface area contributed by atoms with Crippen LogP contribution in [-0.2, 0) is 7.05 Å². The summed E-state index contributed by atoms with van der Waals surface area (Å²) in [5.74, 6) is -0.539. The molecule has 84 valence electrons. The molecule has 0 aliphatic rings. The maximum absolute atomic E-state index is 11.2. The second kappa shape index (κ2) is 3.67. The maximum atomic E-state index is 11.2. The number of aromatic nitrogens is 1. The summed E-state index contributed by atoms with van der Waals surface area (Å²) in [6.45, 7) is 4.15. The molecule has 1 N–H and O–H groups in total. The highest BCUT2D eigenvalue weighted by molar-refractivity contribution is 6.04. The molecule has 0 spiro atoms. The Hall–Kier alpha value is -1.77. The normalized spacial score (nSPS) is 11.2. The monoisotopic (exact) mass is 217 g/mol. The molecular weight excluding hydrogens is 202 g/mol. The Morgan fingerprint density at radius 3 is 2.62 bits per heavy atom. The van der Waals surface area contributed by atoms with E-state index in [1.54, 1.807) is 12.1 Å². The van der Waals surface area contributed by atoms with Crippen molar-refractivity contribution >= 4 is 16.9 Å². The minimum atomic E-state index is -0.862. The molecule has 0 radical (unpaired) electrons. The van der Waals surface area contributed by atoms with E-state index in [9.17, 15) is 9.90 Å². The number of aryl methyl sites for hydroxylation is 1. The predicted octanol–water partition coefficient (Wildman–Crippen LogP) is 3.00. The number of carbonyl (C=O) groups is 1. The van der Waals surface area contributed by atoms with Crippen molar-refractivity contribution in [3.63, 3.8) is 0 Å². The lowest BCUT2D eigenvalue weighted by molar-refractivity contribution is 0.0699. The van der Waals surface area contributed by atoms with Crippen LogP contribution in [-0.4, -0.2) is 15.6 Å². The number of hydrogen-bond donors (Lipinski definition) is 1. The summed E-state index contributed by atoms with van der Waals surface area (Å²) in [6.07, 6.45) is 2.02. The summed E-state index contributed by atoms with van der Waals surface area (Å²) in [5.41, 5.74) is 2.46. The van der Waals surface area contributed by atoms with Crippen molar-refractivity contribution < 1.29 is 9.90 Å². The van der Waals surface area contributed by atoms with Gasteiger partial charge in [-0.15, -0.1) is 0 Å². The van der Waals surface area contributed by atoms with E-state index < -0.39 is 5.97 Å². The summed E-state index contributed by atoms with van der Waals surface area (Å²) in [5, 5.41) is 10.1. The fourth-order valence-electron chi connectivity index (χ4n) is 2.10. The van der Waals surface area contributed by atoms with Crippen molar-refractivity contribution in [3.8, 4) is 0 Å². The van der Waals surface area contributed by atoms with Crippen LogP contribution in [0.2, 0.25) is 0 Å². The predicted molar refractivity (Wildman–Crippen MR) is 64.0 cm³/mol. The number of carboxylic acid groups (broad SMARTS) is 1. The topological polar surface area (TPSA) is 42.2 Å². The summed E-state index contributed by atoms with van der Waals surface area (Å²) < 4.78 is 1.98. The number of rotatable bonds is 2. The Balaban J connectivity index is 2.88. The molecule has 2 aromatic rings. The van der Waals surface area contributed by atoms with Crippen LogP contribution in [0, 0.1) is 0 Å². The molecule has 0 aliphatic heterocycles. The molecule has 0 saturated heterocycles. The largest absolute Gasteiger partial charge is 0.478 e. The molecule has 0 fully saturated rings. The molecule has 0 unspecified atom stereocenters. The fraction of sp³-hybridized carbons (Fsp3) is 0.308. The van der Waals surface area contributed by atoms with E-state index in [1.807, 2.05) is 23.9 Å². The van der Waals surface area contributed by atoms with Crippen molar-refractivity contribution in [2.24, 2.45) is 7.05 Å². The molecule has 0 saturated carbocycles. The van der Waals surface area contributed by atoms with Gasteiger partial charge in [0.1, 0.15) is 0 Å². The van der Waals surface area contributed by atoms with Gasteiger partial charge in [0, 0.05) is 24.1 Å². The molecular formula is C13H15NO2. The molecule has 3 heteroatoms. The van der Waals surface area contributed by atoms with Gasteiger partial charge < -0.3 is 9.67 Å². The number of benzene rings is 1. The number of fused-ring (bicyclic) bond motifs is 1. The van der Waals surface area contributed by atoms with Gasteiger partial charge in [0.25, 0.3) is 0 Å². The van der Waals surface area contributed by atoms with E-state index in [0.717, 1.165) is 16.5 Å². The summed E-state index contributed by atoms with van der Waals surface area (Å²) in [4.78, 5) is 11.2. The second-order valence-electron chi connectivity index (χ2n) is 4.35. The zero-order valence-electron chi connectivity index (χ0n) is 9.69. The van der Waals surface area contributed by atoms with Crippen LogP contribution in [0.5, 0.6) is 0 Å². The Morgan fingerprint density at radius 2 is 2.06 bits per heavy atom. The Bertz CT molecular complexity index is 552. The van der Waals surface area contributed by atoms with Crippen molar-refractivity contribution in [1.82, 2.24) is 4.57 Å². The van der Waals surface area contributed by atoms with Gasteiger partial charge in [-0.1, -0.05) is 19.9 Å². The Labute approximate surface area is 94.3 Å². The van der Waals surface area contributed by atoms with Gasteiger partial charge in [-0.3, -0.25) is 0 Å². The lowest BCUT2D eigenvalue weighted by Crippen LogP contribution is -1.98. The van der Waals surface area contributed by atoms with Gasteiger partial charge in [-0.05, 0) is 23.6 Å². The molecule has 16 heavy (non-hydrogen) atoms. The SMILES string of the molecule is CC(C)c1cn(C)c2cccc(C(=O)O)c12. The third kappa shape index (κ3) is 1.48. The third-order valence-electron chi connectivity index (χ3n) is 2.90. The molecule has 1 heterocycles. The molecule has 0 aliphatic carbocycles. The summed E-state index contributed by atoms with van der Waals surface area (Å²) in [6, 6.07) is 5.40. The van der Waals surface area contributed by atoms with E-state index in [4.69, 9.17) is 0 Å². The Kier molecular flexibility index (Phi) is 2.46. The van der Waals surface area contributed by atoms with Crippen LogP contribution in [0.1, 0.15) is 35.7 Å². The van der Waals surface area contributed by atoms with Crippen LogP contribution in [0.4, 0.5) is 0 Å². The first-order valence-electron chi connectivity index (χ1n) is 5.33. The van der Waals surface area contributed by atoms with E-state index in [2.05, 4.69) is 13.8 Å². The first-order chi connectivity index (χ1) is 7.52. The molecule has 0 atom stereocenters. The van der Waals surface area contributed by atoms with Gasteiger partial charge in [0.2, 0.25) is 0 Å². The van der Waals surface area contributed by atoms with Gasteiger partial charge in [-0.2, -0.15) is 0 Å². The average molecular weight is 217 g/mol. The van der Waals surface area contributed by atoms with E-state index >= 15 is 0 Å². The summed E-state index contributed by atoms with van der Waals surface area (Å²) >= 11 is 0. The summed E-state index contributed by atoms with van der Waals surface area (Å²) in [7, 11) is 1.94. The van der Waals surface area contributed by atoms with Crippen molar-refractivity contribution in [3.05, 3.63) is 35.5 Å². The fourth-order valence-corrected chi connectivity index (χ4v) is 2.10. The van der Waals surface area contributed by atoms with Gasteiger partial charge in [0.15, 0.2) is 0 Å². The standard InChI is InChI=1S/C13H15NO2/c1-8(2)10-7-14(3)11-6-4-5-9(12(10)11)13(15)16/h4-8H,1-3H3,(H,15,16). The molecule has 1 aromatic heterocycles. The zero-order chi connectivity index (χ0) is 11.9. The van der Waals surface area contributed by atoms with Gasteiger partial charge in [-0.25, -0.2) is 4.79 Å². The maximum Gasteiger partial charge on any atom is 0.336 e. The van der Waals surface area contributed by atoms with Crippen molar-refractivity contribution in [1.29, 1.82) is 0 Å².